The molecular formula is C13H11F3N2. The third-order valence-electron chi connectivity index (χ3n) is 2.56. The van der Waals surface area contributed by atoms with Crippen molar-refractivity contribution in [3.05, 3.63) is 47.4 Å². The van der Waals surface area contributed by atoms with E-state index in [4.69, 9.17) is 0 Å². The number of pyridine rings is 2. The predicted molar refractivity (Wildman–Crippen MR) is 61.9 cm³/mol. The molecule has 0 saturated heterocycles. The Balaban J connectivity index is 2.45. The highest BCUT2D eigenvalue weighted by molar-refractivity contribution is 5.61. The number of aryl methyl sites for hydroxylation is 2. The van der Waals surface area contributed by atoms with Crippen molar-refractivity contribution in [1.82, 2.24) is 9.97 Å². The number of aromatic nitrogens is 2. The Morgan fingerprint density at radius 2 is 1.72 bits per heavy atom. The van der Waals surface area contributed by atoms with E-state index >= 15 is 0 Å². The minimum atomic E-state index is -4.41. The molecule has 0 aliphatic rings. The second kappa shape index (κ2) is 4.40. The van der Waals surface area contributed by atoms with Crippen LogP contribution < -0.4 is 0 Å². The van der Waals surface area contributed by atoms with Crippen LogP contribution in [0.5, 0.6) is 0 Å². The molecule has 0 bridgehead atoms. The quantitative estimate of drug-likeness (QED) is 0.771. The maximum absolute atomic E-state index is 12.5. The maximum atomic E-state index is 12.5. The van der Waals surface area contributed by atoms with Gasteiger partial charge < -0.3 is 0 Å². The van der Waals surface area contributed by atoms with Crippen LogP contribution in [0.3, 0.4) is 0 Å². The van der Waals surface area contributed by atoms with Crippen LogP contribution in [0.4, 0.5) is 13.2 Å². The second-order valence-corrected chi connectivity index (χ2v) is 4.05. The minimum Gasteiger partial charge on any atom is -0.256 e. The Bertz CT molecular complexity index is 559. The van der Waals surface area contributed by atoms with E-state index in [-0.39, 0.29) is 0 Å². The molecule has 2 nitrogen and oxygen atoms in total. The number of alkyl halides is 3. The molecule has 2 rings (SSSR count). The first-order chi connectivity index (χ1) is 8.38. The van der Waals surface area contributed by atoms with Gasteiger partial charge in [-0.2, -0.15) is 13.2 Å². The highest BCUT2D eigenvalue weighted by Gasteiger charge is 2.32. The second-order valence-electron chi connectivity index (χ2n) is 4.05. The third-order valence-corrected chi connectivity index (χ3v) is 2.56. The molecule has 0 aromatic carbocycles. The summed E-state index contributed by atoms with van der Waals surface area (Å²) in [5, 5.41) is 0. The summed E-state index contributed by atoms with van der Waals surface area (Å²) in [6.07, 6.45) is -2.74. The van der Waals surface area contributed by atoms with Gasteiger partial charge in [0.05, 0.1) is 5.69 Å². The standard InChI is InChI=1S/C13H11F3N2/c1-8-3-5-11(17-7-8)10-4-6-12(13(14,15)16)18-9(10)2/h3-7H,1-2H3. The fraction of sp³-hybridized carbons (Fsp3) is 0.231. The van der Waals surface area contributed by atoms with E-state index in [0.29, 0.717) is 17.0 Å². The first kappa shape index (κ1) is 12.5. The molecule has 0 fully saturated rings. The molecule has 2 heterocycles. The lowest BCUT2D eigenvalue weighted by molar-refractivity contribution is -0.141. The van der Waals surface area contributed by atoms with Crippen LogP contribution in [0.25, 0.3) is 11.3 Å². The van der Waals surface area contributed by atoms with Crippen LogP contribution in [-0.4, -0.2) is 9.97 Å². The molecule has 0 saturated carbocycles. The zero-order valence-electron chi connectivity index (χ0n) is 9.92. The maximum Gasteiger partial charge on any atom is 0.433 e. The van der Waals surface area contributed by atoms with Crippen LogP contribution in [0.2, 0.25) is 0 Å². The van der Waals surface area contributed by atoms with Crippen LogP contribution in [-0.2, 0) is 6.18 Å². The van der Waals surface area contributed by atoms with E-state index in [1.165, 1.54) is 6.07 Å². The molecule has 18 heavy (non-hydrogen) atoms. The Morgan fingerprint density at radius 1 is 1.00 bits per heavy atom. The molecule has 2 aromatic heterocycles. The van der Waals surface area contributed by atoms with Gasteiger partial charge in [0.15, 0.2) is 0 Å². The van der Waals surface area contributed by atoms with Gasteiger partial charge in [0.2, 0.25) is 0 Å². The van der Waals surface area contributed by atoms with Crippen molar-refractivity contribution in [3.8, 4) is 11.3 Å². The monoisotopic (exact) mass is 252 g/mol. The fourth-order valence-electron chi connectivity index (χ4n) is 1.62. The summed E-state index contributed by atoms with van der Waals surface area (Å²) < 4.78 is 37.4. The van der Waals surface area contributed by atoms with E-state index in [9.17, 15) is 13.2 Å². The Kier molecular flexibility index (Phi) is 3.07. The Hall–Kier alpha value is -1.91. The fourth-order valence-corrected chi connectivity index (χ4v) is 1.62. The van der Waals surface area contributed by atoms with E-state index in [1.54, 1.807) is 19.2 Å². The molecule has 2 aromatic rings. The van der Waals surface area contributed by atoms with Gasteiger partial charge in [-0.15, -0.1) is 0 Å². The lowest BCUT2D eigenvalue weighted by Crippen LogP contribution is -2.09. The molecule has 0 unspecified atom stereocenters. The van der Waals surface area contributed by atoms with Crippen molar-refractivity contribution < 1.29 is 13.2 Å². The van der Waals surface area contributed by atoms with Crippen LogP contribution in [0.15, 0.2) is 30.5 Å². The van der Waals surface area contributed by atoms with Crippen LogP contribution in [0, 0.1) is 13.8 Å². The molecule has 0 atom stereocenters. The average Bonchev–Trinajstić information content (AvgIpc) is 2.29. The van der Waals surface area contributed by atoms with E-state index in [1.807, 2.05) is 13.0 Å². The zero-order valence-corrected chi connectivity index (χ0v) is 9.92. The van der Waals surface area contributed by atoms with Gasteiger partial charge in [-0.1, -0.05) is 6.07 Å². The van der Waals surface area contributed by atoms with Crippen molar-refractivity contribution in [2.45, 2.75) is 20.0 Å². The van der Waals surface area contributed by atoms with Crippen molar-refractivity contribution in [2.24, 2.45) is 0 Å². The van der Waals surface area contributed by atoms with Gasteiger partial charge in [-0.05, 0) is 37.6 Å². The highest BCUT2D eigenvalue weighted by Crippen LogP contribution is 2.30. The smallest absolute Gasteiger partial charge is 0.256 e. The van der Waals surface area contributed by atoms with Crippen LogP contribution >= 0.6 is 0 Å². The van der Waals surface area contributed by atoms with Crippen molar-refractivity contribution >= 4 is 0 Å². The molecule has 0 spiro atoms. The zero-order chi connectivity index (χ0) is 13.3. The van der Waals surface area contributed by atoms with Gasteiger partial charge in [-0.25, -0.2) is 4.98 Å². The molecule has 0 aliphatic heterocycles. The first-order valence-corrected chi connectivity index (χ1v) is 5.36. The first-order valence-electron chi connectivity index (χ1n) is 5.36. The third kappa shape index (κ3) is 2.50. The van der Waals surface area contributed by atoms with E-state index in [2.05, 4.69) is 9.97 Å². The summed E-state index contributed by atoms with van der Waals surface area (Å²) in [6.45, 7) is 3.45. The normalized spacial score (nSPS) is 11.6. The average molecular weight is 252 g/mol. The van der Waals surface area contributed by atoms with Gasteiger partial charge in [0.25, 0.3) is 0 Å². The molecule has 0 amide bonds. The SMILES string of the molecule is Cc1ccc(-c2ccc(C(F)(F)F)nc2C)nc1. The molecule has 0 aliphatic carbocycles. The van der Waals surface area contributed by atoms with Gasteiger partial charge in [0, 0.05) is 17.5 Å². The van der Waals surface area contributed by atoms with E-state index in [0.717, 1.165) is 11.6 Å². The molecule has 0 N–H and O–H groups in total. The summed E-state index contributed by atoms with van der Waals surface area (Å²) in [4.78, 5) is 7.76. The predicted octanol–water partition coefficient (Wildman–Crippen LogP) is 3.78. The van der Waals surface area contributed by atoms with Crippen LogP contribution in [0.1, 0.15) is 17.0 Å². The van der Waals surface area contributed by atoms with Crippen molar-refractivity contribution in [2.75, 3.05) is 0 Å². The Labute approximate surface area is 103 Å². The summed E-state index contributed by atoms with van der Waals surface area (Å²) in [5.41, 5.74) is 1.68. The Morgan fingerprint density at radius 3 is 2.22 bits per heavy atom. The molecule has 0 radical (unpaired) electrons. The van der Waals surface area contributed by atoms with E-state index < -0.39 is 11.9 Å². The minimum absolute atomic E-state index is 0.321. The lowest BCUT2D eigenvalue weighted by atomic mass is 10.1. The summed E-state index contributed by atoms with van der Waals surface area (Å²) in [6, 6.07) is 6.01. The van der Waals surface area contributed by atoms with Gasteiger partial charge >= 0.3 is 6.18 Å². The molecule has 94 valence electrons. The van der Waals surface area contributed by atoms with Crippen molar-refractivity contribution in [1.29, 1.82) is 0 Å². The molecular weight excluding hydrogens is 241 g/mol. The number of halogens is 3. The largest absolute Gasteiger partial charge is 0.433 e. The number of nitrogens with zero attached hydrogens (tertiary/aromatic N) is 2. The summed E-state index contributed by atoms with van der Waals surface area (Å²) in [7, 11) is 0. The topological polar surface area (TPSA) is 25.8 Å². The van der Waals surface area contributed by atoms with Gasteiger partial charge in [0.1, 0.15) is 5.69 Å². The number of rotatable bonds is 1. The number of hydrogen-bond acceptors (Lipinski definition) is 2. The van der Waals surface area contributed by atoms with Gasteiger partial charge in [-0.3, -0.25) is 4.98 Å². The number of hydrogen-bond donors (Lipinski definition) is 0. The lowest BCUT2D eigenvalue weighted by Gasteiger charge is -2.09. The van der Waals surface area contributed by atoms with Crippen molar-refractivity contribution in [3.63, 3.8) is 0 Å². The summed E-state index contributed by atoms with van der Waals surface area (Å²) in [5.74, 6) is 0. The summed E-state index contributed by atoms with van der Waals surface area (Å²) >= 11 is 0. The molecule has 5 heteroatoms. The highest BCUT2D eigenvalue weighted by atomic mass is 19.4.